The Morgan fingerprint density at radius 3 is 2.43 bits per heavy atom. The van der Waals surface area contributed by atoms with Gasteiger partial charge in [0, 0.05) is 0 Å². The van der Waals surface area contributed by atoms with E-state index >= 15 is 0 Å². The number of unbranched alkanes of at least 4 members (excludes halogenated alkanes) is 1. The van der Waals surface area contributed by atoms with Crippen molar-refractivity contribution in [3.63, 3.8) is 0 Å². The lowest BCUT2D eigenvalue weighted by molar-refractivity contribution is -0.0108. The molecule has 2 aliphatic rings. The summed E-state index contributed by atoms with van der Waals surface area (Å²) in [6.07, 6.45) is 10.4. The van der Waals surface area contributed by atoms with Gasteiger partial charge in [-0.05, 0) is 57.2 Å². The molecule has 0 unspecified atom stereocenters. The summed E-state index contributed by atoms with van der Waals surface area (Å²) < 4.78 is 0. The molecular formula is C13H25N. The number of likely N-dealkylation sites (tertiary alicyclic amines) is 1. The van der Waals surface area contributed by atoms with Gasteiger partial charge in [0.15, 0.2) is 0 Å². The summed E-state index contributed by atoms with van der Waals surface area (Å²) in [4.78, 5) is 2.49. The summed E-state index contributed by atoms with van der Waals surface area (Å²) in [6.45, 7) is 5.00. The third-order valence-electron chi connectivity index (χ3n) is 4.46. The second-order valence-corrected chi connectivity index (χ2v) is 5.72. The number of hydrogen-bond donors (Lipinski definition) is 0. The predicted molar refractivity (Wildman–Crippen MR) is 61.4 cm³/mol. The van der Waals surface area contributed by atoms with Crippen LogP contribution in [-0.2, 0) is 0 Å². The van der Waals surface area contributed by atoms with Crippen LogP contribution in [-0.4, -0.2) is 25.0 Å². The Morgan fingerprint density at radius 2 is 1.86 bits per heavy atom. The Morgan fingerprint density at radius 1 is 1.21 bits per heavy atom. The monoisotopic (exact) mass is 195 g/mol. The maximum absolute atomic E-state index is 2.49. The van der Waals surface area contributed by atoms with E-state index in [2.05, 4.69) is 18.9 Å². The first-order valence-electron chi connectivity index (χ1n) is 6.43. The van der Waals surface area contributed by atoms with Crippen LogP contribution in [0.2, 0.25) is 0 Å². The fraction of sp³-hybridized carbons (Fsp3) is 1.00. The van der Waals surface area contributed by atoms with E-state index in [0.29, 0.717) is 0 Å². The fourth-order valence-corrected chi connectivity index (χ4v) is 3.36. The van der Waals surface area contributed by atoms with E-state index in [1.807, 2.05) is 0 Å². The van der Waals surface area contributed by atoms with Crippen molar-refractivity contribution in [2.45, 2.75) is 51.9 Å². The highest BCUT2D eigenvalue weighted by Gasteiger charge is 2.44. The van der Waals surface area contributed by atoms with Gasteiger partial charge in [0.2, 0.25) is 0 Å². The third kappa shape index (κ3) is 2.13. The second-order valence-electron chi connectivity index (χ2n) is 5.72. The lowest BCUT2D eigenvalue weighted by Gasteiger charge is -2.52. The van der Waals surface area contributed by atoms with Crippen molar-refractivity contribution in [3.05, 3.63) is 0 Å². The van der Waals surface area contributed by atoms with Gasteiger partial charge in [0.1, 0.15) is 0 Å². The smallest absolute Gasteiger partial charge is 0.00165 e. The van der Waals surface area contributed by atoms with Crippen molar-refractivity contribution in [1.29, 1.82) is 0 Å². The molecule has 1 aliphatic carbocycles. The van der Waals surface area contributed by atoms with Crippen LogP contribution in [0, 0.1) is 11.3 Å². The Kier molecular flexibility index (Phi) is 3.16. The maximum Gasteiger partial charge on any atom is -0.00165 e. The molecule has 0 aromatic rings. The summed E-state index contributed by atoms with van der Waals surface area (Å²) >= 11 is 0. The van der Waals surface area contributed by atoms with Crippen LogP contribution in [0.3, 0.4) is 0 Å². The molecule has 1 saturated heterocycles. The zero-order chi connectivity index (χ0) is 10.0. The molecule has 1 nitrogen and oxygen atoms in total. The molecule has 0 bridgehead atoms. The van der Waals surface area contributed by atoms with Gasteiger partial charge in [-0.1, -0.05) is 26.2 Å². The molecule has 1 heterocycles. The lowest BCUT2D eigenvalue weighted by Crippen LogP contribution is -2.45. The number of nitrogens with zero attached hydrogens (tertiary/aromatic N) is 1. The van der Waals surface area contributed by atoms with E-state index < -0.39 is 0 Å². The Labute approximate surface area is 88.9 Å². The van der Waals surface area contributed by atoms with Crippen LogP contribution in [0.4, 0.5) is 0 Å². The standard InChI is InChI=1S/C13H25N/c1-3-4-5-12-10-13(11-12)6-8-14(2)9-7-13/h12H,3-11H2,1-2H3. The van der Waals surface area contributed by atoms with Gasteiger partial charge in [-0.25, -0.2) is 0 Å². The first kappa shape index (κ1) is 10.5. The highest BCUT2D eigenvalue weighted by atomic mass is 15.1. The molecule has 1 saturated carbocycles. The first-order chi connectivity index (χ1) is 6.74. The average molecular weight is 195 g/mol. The van der Waals surface area contributed by atoms with Crippen LogP contribution < -0.4 is 0 Å². The number of piperidine rings is 1. The van der Waals surface area contributed by atoms with Crippen LogP contribution in [0.5, 0.6) is 0 Å². The molecule has 0 radical (unpaired) electrons. The largest absolute Gasteiger partial charge is 0.306 e. The van der Waals surface area contributed by atoms with Gasteiger partial charge in [0.25, 0.3) is 0 Å². The SMILES string of the molecule is CCCCC1CC2(CCN(C)CC2)C1. The van der Waals surface area contributed by atoms with Crippen molar-refractivity contribution < 1.29 is 0 Å². The topological polar surface area (TPSA) is 3.24 Å². The second kappa shape index (κ2) is 4.22. The molecule has 1 aliphatic heterocycles. The molecule has 2 fully saturated rings. The van der Waals surface area contributed by atoms with Crippen LogP contribution >= 0.6 is 0 Å². The van der Waals surface area contributed by atoms with E-state index in [1.165, 1.54) is 45.2 Å². The third-order valence-corrected chi connectivity index (χ3v) is 4.46. The lowest BCUT2D eigenvalue weighted by atomic mass is 9.56. The number of hydrogen-bond acceptors (Lipinski definition) is 1. The highest BCUT2D eigenvalue weighted by Crippen LogP contribution is 2.53. The van der Waals surface area contributed by atoms with Gasteiger partial charge in [-0.15, -0.1) is 0 Å². The Hall–Kier alpha value is -0.0400. The van der Waals surface area contributed by atoms with Gasteiger partial charge in [-0.3, -0.25) is 0 Å². The fourth-order valence-electron chi connectivity index (χ4n) is 3.36. The molecule has 0 aromatic heterocycles. The molecule has 0 aromatic carbocycles. The van der Waals surface area contributed by atoms with Gasteiger partial charge >= 0.3 is 0 Å². The molecule has 1 heteroatoms. The molecular weight excluding hydrogens is 170 g/mol. The van der Waals surface area contributed by atoms with E-state index in [1.54, 1.807) is 12.8 Å². The molecule has 82 valence electrons. The highest BCUT2D eigenvalue weighted by molar-refractivity contribution is 4.96. The van der Waals surface area contributed by atoms with E-state index in [9.17, 15) is 0 Å². The quantitative estimate of drug-likeness (QED) is 0.668. The average Bonchev–Trinajstić information content (AvgIpc) is 2.14. The molecule has 0 amide bonds. The Bertz CT molecular complexity index is 172. The van der Waals surface area contributed by atoms with E-state index in [-0.39, 0.29) is 0 Å². The molecule has 0 N–H and O–H groups in total. The maximum atomic E-state index is 2.49. The van der Waals surface area contributed by atoms with Crippen molar-refractivity contribution in [2.24, 2.45) is 11.3 Å². The normalized spacial score (nSPS) is 27.9. The van der Waals surface area contributed by atoms with Crippen molar-refractivity contribution in [3.8, 4) is 0 Å². The zero-order valence-corrected chi connectivity index (χ0v) is 9.89. The first-order valence-corrected chi connectivity index (χ1v) is 6.43. The van der Waals surface area contributed by atoms with Gasteiger partial charge in [0.05, 0.1) is 0 Å². The van der Waals surface area contributed by atoms with E-state index in [0.717, 1.165) is 11.3 Å². The van der Waals surface area contributed by atoms with E-state index in [4.69, 9.17) is 0 Å². The predicted octanol–water partition coefficient (Wildman–Crippen LogP) is 3.30. The van der Waals surface area contributed by atoms with Crippen molar-refractivity contribution in [1.82, 2.24) is 4.90 Å². The van der Waals surface area contributed by atoms with Crippen molar-refractivity contribution >= 4 is 0 Å². The number of rotatable bonds is 3. The van der Waals surface area contributed by atoms with Crippen LogP contribution in [0.1, 0.15) is 51.9 Å². The minimum absolute atomic E-state index is 0.810. The molecule has 0 atom stereocenters. The van der Waals surface area contributed by atoms with Gasteiger partial charge < -0.3 is 4.90 Å². The van der Waals surface area contributed by atoms with Crippen molar-refractivity contribution in [2.75, 3.05) is 20.1 Å². The van der Waals surface area contributed by atoms with Crippen LogP contribution in [0.25, 0.3) is 0 Å². The summed E-state index contributed by atoms with van der Waals surface area (Å²) in [5.41, 5.74) is 0.810. The summed E-state index contributed by atoms with van der Waals surface area (Å²) in [5.74, 6) is 1.10. The molecule has 2 rings (SSSR count). The summed E-state index contributed by atoms with van der Waals surface area (Å²) in [7, 11) is 2.26. The summed E-state index contributed by atoms with van der Waals surface area (Å²) in [6, 6.07) is 0. The molecule has 14 heavy (non-hydrogen) atoms. The summed E-state index contributed by atoms with van der Waals surface area (Å²) in [5, 5.41) is 0. The van der Waals surface area contributed by atoms with Crippen LogP contribution in [0.15, 0.2) is 0 Å². The Balaban J connectivity index is 1.70. The minimum atomic E-state index is 0.810. The zero-order valence-electron chi connectivity index (χ0n) is 9.89. The minimum Gasteiger partial charge on any atom is -0.306 e. The molecule has 1 spiro atoms. The van der Waals surface area contributed by atoms with Gasteiger partial charge in [-0.2, -0.15) is 0 Å².